The molecule has 2 saturated heterocycles. The van der Waals surface area contributed by atoms with E-state index in [-0.39, 0.29) is 30.9 Å². The number of aliphatic hydroxyl groups excluding tert-OH is 1. The summed E-state index contributed by atoms with van der Waals surface area (Å²) >= 11 is 0. The van der Waals surface area contributed by atoms with E-state index >= 15 is 0 Å². The quantitative estimate of drug-likeness (QED) is 0.259. The minimum Gasteiger partial charge on any atom is -0.457 e. The van der Waals surface area contributed by atoms with E-state index in [2.05, 4.69) is 6.92 Å². The molecule has 2 fully saturated rings. The molecule has 2 rings (SSSR count). The Morgan fingerprint density at radius 3 is 1.79 bits per heavy atom. The molecule has 0 saturated carbocycles. The van der Waals surface area contributed by atoms with Gasteiger partial charge in [-0.05, 0) is 6.42 Å². The van der Waals surface area contributed by atoms with E-state index in [1.54, 1.807) is 0 Å². The predicted octanol–water partition coefficient (Wildman–Crippen LogP) is 5.32. The SMILES string of the molecule is CCCCCCCCCCCCCCCCCC(=O)O[C@@H]1CO[C@H]2[C@@H]1OC[C@@H]2O. The molecule has 2 heterocycles. The fourth-order valence-electron chi connectivity index (χ4n) is 4.41. The lowest BCUT2D eigenvalue weighted by Crippen LogP contribution is -2.34. The van der Waals surface area contributed by atoms with Crippen LogP contribution in [-0.4, -0.2) is 48.7 Å². The summed E-state index contributed by atoms with van der Waals surface area (Å²) in [7, 11) is 0. The Bertz CT molecular complexity index is 427. The Labute approximate surface area is 177 Å². The van der Waals surface area contributed by atoms with Gasteiger partial charge in [-0.3, -0.25) is 4.79 Å². The van der Waals surface area contributed by atoms with Gasteiger partial charge in [0, 0.05) is 6.42 Å². The highest BCUT2D eigenvalue weighted by Crippen LogP contribution is 2.29. The lowest BCUT2D eigenvalue weighted by atomic mass is 10.0. The molecular weight excluding hydrogens is 368 g/mol. The topological polar surface area (TPSA) is 65.0 Å². The van der Waals surface area contributed by atoms with Crippen LogP contribution < -0.4 is 0 Å². The van der Waals surface area contributed by atoms with Gasteiger partial charge in [-0.25, -0.2) is 0 Å². The molecule has 2 aliphatic rings. The van der Waals surface area contributed by atoms with E-state index < -0.39 is 6.10 Å². The monoisotopic (exact) mass is 412 g/mol. The number of hydrogen-bond donors (Lipinski definition) is 1. The van der Waals surface area contributed by atoms with Gasteiger partial charge in [0.05, 0.1) is 13.2 Å². The number of fused-ring (bicyclic) bond motifs is 1. The second-order valence-electron chi connectivity index (χ2n) is 8.89. The third-order valence-electron chi connectivity index (χ3n) is 6.25. The van der Waals surface area contributed by atoms with Crippen molar-refractivity contribution in [2.75, 3.05) is 13.2 Å². The van der Waals surface area contributed by atoms with Gasteiger partial charge in [0.25, 0.3) is 0 Å². The molecular formula is C24H44O5. The van der Waals surface area contributed by atoms with Crippen molar-refractivity contribution in [1.29, 1.82) is 0 Å². The number of esters is 1. The predicted molar refractivity (Wildman–Crippen MR) is 115 cm³/mol. The minimum atomic E-state index is -0.598. The molecule has 0 unspecified atom stereocenters. The van der Waals surface area contributed by atoms with Crippen molar-refractivity contribution in [2.45, 2.75) is 134 Å². The first-order chi connectivity index (χ1) is 14.2. The molecule has 4 atom stereocenters. The number of unbranched alkanes of at least 4 members (excludes halogenated alkanes) is 14. The molecule has 2 aliphatic heterocycles. The third kappa shape index (κ3) is 9.80. The van der Waals surface area contributed by atoms with Crippen LogP contribution in [0.2, 0.25) is 0 Å². The van der Waals surface area contributed by atoms with Gasteiger partial charge in [-0.15, -0.1) is 0 Å². The number of aliphatic hydroxyl groups is 1. The van der Waals surface area contributed by atoms with Crippen LogP contribution in [0.3, 0.4) is 0 Å². The summed E-state index contributed by atoms with van der Waals surface area (Å²) in [5.74, 6) is -0.168. The van der Waals surface area contributed by atoms with Gasteiger partial charge < -0.3 is 19.3 Å². The van der Waals surface area contributed by atoms with Crippen LogP contribution in [0.4, 0.5) is 0 Å². The van der Waals surface area contributed by atoms with Gasteiger partial charge in [0.2, 0.25) is 0 Å². The van der Waals surface area contributed by atoms with Crippen molar-refractivity contribution in [3.63, 3.8) is 0 Å². The zero-order chi connectivity index (χ0) is 20.7. The van der Waals surface area contributed by atoms with Gasteiger partial charge >= 0.3 is 5.97 Å². The van der Waals surface area contributed by atoms with E-state index in [4.69, 9.17) is 14.2 Å². The number of carbonyl (C=O) groups is 1. The van der Waals surface area contributed by atoms with Gasteiger partial charge in [0.1, 0.15) is 18.3 Å². The van der Waals surface area contributed by atoms with Crippen molar-refractivity contribution in [3.05, 3.63) is 0 Å². The molecule has 170 valence electrons. The third-order valence-corrected chi connectivity index (χ3v) is 6.25. The highest BCUT2D eigenvalue weighted by molar-refractivity contribution is 5.69. The van der Waals surface area contributed by atoms with Crippen LogP contribution >= 0.6 is 0 Å². The molecule has 0 aliphatic carbocycles. The zero-order valence-electron chi connectivity index (χ0n) is 18.6. The largest absolute Gasteiger partial charge is 0.457 e. The zero-order valence-corrected chi connectivity index (χ0v) is 18.6. The maximum Gasteiger partial charge on any atom is 0.306 e. The summed E-state index contributed by atoms with van der Waals surface area (Å²) in [5, 5.41) is 9.71. The van der Waals surface area contributed by atoms with Crippen LogP contribution in [0.15, 0.2) is 0 Å². The Morgan fingerprint density at radius 1 is 0.759 bits per heavy atom. The molecule has 0 aromatic rings. The highest BCUT2D eigenvalue weighted by Gasteiger charge is 2.48. The van der Waals surface area contributed by atoms with Crippen LogP contribution in [0.5, 0.6) is 0 Å². The molecule has 0 spiro atoms. The summed E-state index contributed by atoms with van der Waals surface area (Å²) in [6.45, 7) is 2.87. The van der Waals surface area contributed by atoms with E-state index in [1.807, 2.05) is 0 Å². The fraction of sp³-hybridized carbons (Fsp3) is 0.958. The average molecular weight is 413 g/mol. The Balaban J connectivity index is 1.32. The summed E-state index contributed by atoms with van der Waals surface area (Å²) in [6.07, 6.45) is 18.6. The van der Waals surface area contributed by atoms with Gasteiger partial charge in [-0.2, -0.15) is 0 Å². The fourth-order valence-corrected chi connectivity index (χ4v) is 4.41. The summed E-state index contributed by atoms with van der Waals surface area (Å²) < 4.78 is 16.5. The van der Waals surface area contributed by atoms with Crippen LogP contribution in [-0.2, 0) is 19.0 Å². The first-order valence-corrected chi connectivity index (χ1v) is 12.3. The van der Waals surface area contributed by atoms with Crippen molar-refractivity contribution >= 4 is 5.97 Å². The molecule has 0 bridgehead atoms. The Morgan fingerprint density at radius 2 is 1.24 bits per heavy atom. The van der Waals surface area contributed by atoms with Crippen LogP contribution in [0.1, 0.15) is 110 Å². The molecule has 0 aromatic carbocycles. The number of carbonyl (C=O) groups excluding carboxylic acids is 1. The lowest BCUT2D eigenvalue weighted by Gasteiger charge is -2.16. The highest BCUT2D eigenvalue weighted by atomic mass is 16.6. The summed E-state index contributed by atoms with van der Waals surface area (Å²) in [5.41, 5.74) is 0. The van der Waals surface area contributed by atoms with Crippen LogP contribution in [0, 0.1) is 0 Å². The standard InChI is InChI=1S/C24H44O5/c1-2-3-4-5-6-7-8-9-10-11-12-13-14-15-16-17-22(26)29-21-19-28-23-20(25)18-27-24(21)23/h20-21,23-25H,2-19H2,1H3/t20-,21+,23+,24+/m0/s1. The first kappa shape index (κ1) is 24.6. The summed E-state index contributed by atoms with van der Waals surface area (Å²) in [4.78, 5) is 12.0. The normalized spacial score (nSPS) is 26.0. The maximum absolute atomic E-state index is 12.0. The van der Waals surface area contributed by atoms with E-state index in [0.29, 0.717) is 13.0 Å². The lowest BCUT2D eigenvalue weighted by molar-refractivity contribution is -0.153. The molecule has 0 radical (unpaired) electrons. The Hall–Kier alpha value is -0.650. The van der Waals surface area contributed by atoms with Crippen LogP contribution in [0.25, 0.3) is 0 Å². The second kappa shape index (κ2) is 15.2. The molecule has 5 heteroatoms. The molecule has 1 N–H and O–H groups in total. The van der Waals surface area contributed by atoms with E-state index in [1.165, 1.54) is 83.5 Å². The van der Waals surface area contributed by atoms with E-state index in [9.17, 15) is 9.90 Å². The van der Waals surface area contributed by atoms with Crippen molar-refractivity contribution in [3.8, 4) is 0 Å². The van der Waals surface area contributed by atoms with Crippen molar-refractivity contribution in [2.24, 2.45) is 0 Å². The smallest absolute Gasteiger partial charge is 0.306 e. The first-order valence-electron chi connectivity index (χ1n) is 12.3. The number of ether oxygens (including phenoxy) is 3. The van der Waals surface area contributed by atoms with Crippen molar-refractivity contribution in [1.82, 2.24) is 0 Å². The van der Waals surface area contributed by atoms with Crippen molar-refractivity contribution < 1.29 is 24.1 Å². The molecule has 0 aromatic heterocycles. The minimum absolute atomic E-state index is 0.168. The molecule has 5 nitrogen and oxygen atoms in total. The maximum atomic E-state index is 12.0. The Kier molecular flexibility index (Phi) is 12.9. The number of hydrogen-bond acceptors (Lipinski definition) is 5. The van der Waals surface area contributed by atoms with E-state index in [0.717, 1.165) is 12.8 Å². The average Bonchev–Trinajstić information content (AvgIpc) is 3.28. The molecule has 0 amide bonds. The summed E-state index contributed by atoms with van der Waals surface area (Å²) in [6, 6.07) is 0. The second-order valence-corrected chi connectivity index (χ2v) is 8.89. The number of rotatable bonds is 17. The molecule has 29 heavy (non-hydrogen) atoms. The van der Waals surface area contributed by atoms with Gasteiger partial charge in [-0.1, -0.05) is 96.8 Å². The van der Waals surface area contributed by atoms with Gasteiger partial charge in [0.15, 0.2) is 6.10 Å².